The van der Waals surface area contributed by atoms with Gasteiger partial charge in [0.15, 0.2) is 0 Å². The molecule has 0 unspecified atom stereocenters. The first-order valence-electron chi connectivity index (χ1n) is 7.08. The van der Waals surface area contributed by atoms with Crippen LogP contribution in [0.15, 0.2) is 29.3 Å². The number of benzene rings is 1. The Morgan fingerprint density at radius 2 is 2.15 bits per heavy atom. The van der Waals surface area contributed by atoms with Crippen molar-refractivity contribution in [3.05, 3.63) is 35.4 Å². The largest absolute Gasteiger partial charge is 0.465 e. The molecule has 0 atom stereocenters. The molecule has 0 bridgehead atoms. The van der Waals surface area contributed by atoms with Crippen LogP contribution in [-0.2, 0) is 4.74 Å². The van der Waals surface area contributed by atoms with E-state index in [1.54, 1.807) is 6.07 Å². The van der Waals surface area contributed by atoms with Gasteiger partial charge in [-0.15, -0.1) is 0 Å². The summed E-state index contributed by atoms with van der Waals surface area (Å²) in [4.78, 5) is 16.4. The smallest absolute Gasteiger partial charge is 0.291 e. The third-order valence-electron chi connectivity index (χ3n) is 2.74. The fraction of sp³-hybridized carbons (Fsp3) is 0.500. The van der Waals surface area contributed by atoms with E-state index in [0.29, 0.717) is 30.7 Å². The zero-order valence-corrected chi connectivity index (χ0v) is 12.8. The van der Waals surface area contributed by atoms with Gasteiger partial charge in [-0.05, 0) is 38.3 Å². The van der Waals surface area contributed by atoms with Crippen molar-refractivity contribution in [3.8, 4) is 0 Å². The summed E-state index contributed by atoms with van der Waals surface area (Å²) in [6, 6.07) is 7.74. The maximum Gasteiger partial charge on any atom is 0.291 e. The Kier molecular flexibility index (Phi) is 6.77. The van der Waals surface area contributed by atoms with E-state index in [9.17, 15) is 4.79 Å². The summed E-state index contributed by atoms with van der Waals surface area (Å²) in [6.45, 7) is 9.24. The molecule has 4 nitrogen and oxygen atoms in total. The van der Waals surface area contributed by atoms with Crippen molar-refractivity contribution >= 4 is 11.9 Å². The van der Waals surface area contributed by atoms with Gasteiger partial charge in [0.25, 0.3) is 11.9 Å². The molecule has 4 heteroatoms. The van der Waals surface area contributed by atoms with Gasteiger partial charge in [-0.3, -0.25) is 10.1 Å². The molecule has 0 saturated carbocycles. The molecule has 0 aliphatic carbocycles. The van der Waals surface area contributed by atoms with E-state index in [1.165, 1.54) is 0 Å². The third-order valence-corrected chi connectivity index (χ3v) is 2.74. The number of nitrogens with one attached hydrogen (secondary N) is 1. The van der Waals surface area contributed by atoms with Gasteiger partial charge in [0, 0.05) is 12.1 Å². The highest BCUT2D eigenvalue weighted by atomic mass is 16.5. The van der Waals surface area contributed by atoms with Crippen molar-refractivity contribution in [1.29, 1.82) is 0 Å². The molecule has 1 N–H and O–H groups in total. The Morgan fingerprint density at radius 1 is 1.40 bits per heavy atom. The molecule has 0 aromatic heterocycles. The number of aliphatic imine (C=N–C) groups is 1. The SMILES string of the molecule is CCOC(=NCCC(C)C)NC(=O)c1cccc(C)c1. The van der Waals surface area contributed by atoms with E-state index in [0.717, 1.165) is 12.0 Å². The van der Waals surface area contributed by atoms with Crippen molar-refractivity contribution in [2.24, 2.45) is 10.9 Å². The summed E-state index contributed by atoms with van der Waals surface area (Å²) in [5.41, 5.74) is 1.66. The first-order valence-corrected chi connectivity index (χ1v) is 7.08. The van der Waals surface area contributed by atoms with Gasteiger partial charge >= 0.3 is 0 Å². The Morgan fingerprint density at radius 3 is 2.75 bits per heavy atom. The second kappa shape index (κ2) is 8.35. The van der Waals surface area contributed by atoms with E-state index in [-0.39, 0.29) is 5.91 Å². The quantitative estimate of drug-likeness (QED) is 0.663. The molecule has 20 heavy (non-hydrogen) atoms. The molecule has 0 fully saturated rings. The number of nitrogens with zero attached hydrogens (tertiary/aromatic N) is 1. The lowest BCUT2D eigenvalue weighted by Crippen LogP contribution is -2.33. The van der Waals surface area contributed by atoms with Gasteiger partial charge in [-0.1, -0.05) is 31.5 Å². The molecular weight excluding hydrogens is 252 g/mol. The van der Waals surface area contributed by atoms with Crippen molar-refractivity contribution in [2.75, 3.05) is 13.2 Å². The fourth-order valence-corrected chi connectivity index (χ4v) is 1.64. The number of hydrogen-bond acceptors (Lipinski definition) is 3. The second-order valence-corrected chi connectivity index (χ2v) is 5.13. The molecule has 1 aromatic rings. The van der Waals surface area contributed by atoms with Crippen molar-refractivity contribution in [3.63, 3.8) is 0 Å². The zero-order valence-electron chi connectivity index (χ0n) is 12.8. The van der Waals surface area contributed by atoms with Crippen LogP contribution in [-0.4, -0.2) is 25.1 Å². The standard InChI is InChI=1S/C16H24N2O2/c1-5-20-16(17-10-9-12(2)3)18-15(19)14-8-6-7-13(4)11-14/h6-8,11-12H,5,9-10H2,1-4H3,(H,17,18,19). The molecule has 0 spiro atoms. The molecule has 1 amide bonds. The van der Waals surface area contributed by atoms with Crippen LogP contribution in [0.1, 0.15) is 43.1 Å². The first-order chi connectivity index (χ1) is 9.52. The third kappa shape index (κ3) is 5.87. The zero-order chi connectivity index (χ0) is 15.0. The summed E-state index contributed by atoms with van der Waals surface area (Å²) >= 11 is 0. The van der Waals surface area contributed by atoms with Gasteiger partial charge in [0.05, 0.1) is 6.61 Å². The van der Waals surface area contributed by atoms with E-state index < -0.39 is 0 Å². The molecule has 0 aliphatic heterocycles. The average molecular weight is 276 g/mol. The van der Waals surface area contributed by atoms with Crippen LogP contribution in [0.3, 0.4) is 0 Å². The Balaban J connectivity index is 2.67. The van der Waals surface area contributed by atoms with Crippen LogP contribution in [0.5, 0.6) is 0 Å². The Bertz CT molecular complexity index is 467. The molecule has 110 valence electrons. The van der Waals surface area contributed by atoms with Crippen molar-refractivity contribution in [2.45, 2.75) is 34.1 Å². The van der Waals surface area contributed by atoms with E-state index in [4.69, 9.17) is 4.74 Å². The molecule has 1 rings (SSSR count). The monoisotopic (exact) mass is 276 g/mol. The van der Waals surface area contributed by atoms with E-state index in [1.807, 2.05) is 32.0 Å². The highest BCUT2D eigenvalue weighted by Crippen LogP contribution is 2.04. The number of amidine groups is 1. The van der Waals surface area contributed by atoms with Crippen LogP contribution >= 0.6 is 0 Å². The van der Waals surface area contributed by atoms with Crippen LogP contribution in [0.25, 0.3) is 0 Å². The predicted molar refractivity (Wildman–Crippen MR) is 82.0 cm³/mol. The highest BCUT2D eigenvalue weighted by Gasteiger charge is 2.09. The van der Waals surface area contributed by atoms with Crippen molar-refractivity contribution in [1.82, 2.24) is 5.32 Å². The van der Waals surface area contributed by atoms with Gasteiger partial charge in [-0.2, -0.15) is 0 Å². The Labute approximate surface area is 121 Å². The number of aryl methyl sites for hydroxylation is 1. The number of carbonyl (C=O) groups is 1. The summed E-state index contributed by atoms with van der Waals surface area (Å²) < 4.78 is 5.36. The first kappa shape index (κ1) is 16.2. The van der Waals surface area contributed by atoms with Gasteiger partial charge in [-0.25, -0.2) is 4.99 Å². The maximum atomic E-state index is 12.1. The number of amides is 1. The van der Waals surface area contributed by atoms with Crippen LogP contribution in [0.2, 0.25) is 0 Å². The molecular formula is C16H24N2O2. The highest BCUT2D eigenvalue weighted by molar-refractivity contribution is 6.04. The number of rotatable bonds is 5. The molecule has 0 radical (unpaired) electrons. The molecule has 0 saturated heterocycles. The van der Waals surface area contributed by atoms with E-state index >= 15 is 0 Å². The summed E-state index contributed by atoms with van der Waals surface area (Å²) in [5.74, 6) is 0.388. The topological polar surface area (TPSA) is 50.7 Å². The predicted octanol–water partition coefficient (Wildman–Crippen LogP) is 3.16. The second-order valence-electron chi connectivity index (χ2n) is 5.13. The van der Waals surface area contributed by atoms with Crippen molar-refractivity contribution < 1.29 is 9.53 Å². The lowest BCUT2D eigenvalue weighted by molar-refractivity contribution is 0.0966. The van der Waals surface area contributed by atoms with Crippen LogP contribution in [0, 0.1) is 12.8 Å². The van der Waals surface area contributed by atoms with Gasteiger partial charge in [0.2, 0.25) is 0 Å². The van der Waals surface area contributed by atoms with Gasteiger partial charge < -0.3 is 4.74 Å². The van der Waals surface area contributed by atoms with Crippen LogP contribution in [0.4, 0.5) is 0 Å². The number of ether oxygens (including phenoxy) is 1. The minimum atomic E-state index is -0.189. The lowest BCUT2D eigenvalue weighted by atomic mass is 10.1. The van der Waals surface area contributed by atoms with Gasteiger partial charge in [0.1, 0.15) is 0 Å². The molecule has 0 aliphatic rings. The number of carbonyl (C=O) groups excluding carboxylic acids is 1. The summed E-state index contributed by atoms with van der Waals surface area (Å²) in [5, 5.41) is 2.72. The maximum absolute atomic E-state index is 12.1. The van der Waals surface area contributed by atoms with E-state index in [2.05, 4.69) is 24.2 Å². The minimum absolute atomic E-state index is 0.189. The summed E-state index contributed by atoms with van der Waals surface area (Å²) in [6.07, 6.45) is 0.969. The average Bonchev–Trinajstić information content (AvgIpc) is 2.38. The minimum Gasteiger partial charge on any atom is -0.465 e. The Hall–Kier alpha value is -1.84. The normalized spacial score (nSPS) is 11.6. The summed E-state index contributed by atoms with van der Waals surface area (Å²) in [7, 11) is 0. The molecule has 1 aromatic carbocycles. The fourth-order valence-electron chi connectivity index (χ4n) is 1.64. The van der Waals surface area contributed by atoms with Crippen LogP contribution < -0.4 is 5.32 Å². The lowest BCUT2D eigenvalue weighted by Gasteiger charge is -2.10. The number of hydrogen-bond donors (Lipinski definition) is 1. The molecule has 0 heterocycles.